The Morgan fingerprint density at radius 3 is 2.78 bits per heavy atom. The Morgan fingerprint density at radius 1 is 1.13 bits per heavy atom. The van der Waals surface area contributed by atoms with Crippen molar-refractivity contribution < 1.29 is 4.79 Å². The summed E-state index contributed by atoms with van der Waals surface area (Å²) in [4.78, 5) is 25.3. The standard InChI is InChI=1S/C17H12N4OS/c22-16(21-17-19-8-9-23-17)13-3-1-2-12-10-14(20-15(12)13)11-4-6-18-7-5-11/h1-9H,10H2,(H,19,21,22). The van der Waals surface area contributed by atoms with Gasteiger partial charge in [0.2, 0.25) is 0 Å². The van der Waals surface area contributed by atoms with Gasteiger partial charge < -0.3 is 0 Å². The summed E-state index contributed by atoms with van der Waals surface area (Å²) in [5, 5.41) is 5.22. The number of amides is 1. The molecule has 1 aromatic carbocycles. The third kappa shape index (κ3) is 2.64. The predicted octanol–water partition coefficient (Wildman–Crippen LogP) is 3.47. The highest BCUT2D eigenvalue weighted by Gasteiger charge is 2.22. The summed E-state index contributed by atoms with van der Waals surface area (Å²) >= 11 is 1.39. The minimum atomic E-state index is -0.184. The van der Waals surface area contributed by atoms with Gasteiger partial charge in [0.1, 0.15) is 0 Å². The Morgan fingerprint density at radius 2 is 2.00 bits per heavy atom. The maximum absolute atomic E-state index is 12.5. The molecule has 0 saturated heterocycles. The molecule has 3 heterocycles. The summed E-state index contributed by atoms with van der Waals surface area (Å²) < 4.78 is 0. The maximum atomic E-state index is 12.5. The highest BCUT2D eigenvalue weighted by Crippen LogP contribution is 2.33. The molecule has 0 aliphatic carbocycles. The van der Waals surface area contributed by atoms with Crippen molar-refractivity contribution in [2.75, 3.05) is 5.32 Å². The number of carbonyl (C=O) groups is 1. The molecule has 5 nitrogen and oxygen atoms in total. The number of aliphatic imine (C=N–C) groups is 1. The molecular weight excluding hydrogens is 308 g/mol. The molecule has 4 rings (SSSR count). The van der Waals surface area contributed by atoms with Gasteiger partial charge in [0.15, 0.2) is 5.13 Å². The van der Waals surface area contributed by atoms with E-state index in [0.29, 0.717) is 10.7 Å². The number of rotatable bonds is 3. The fourth-order valence-corrected chi connectivity index (χ4v) is 3.09. The van der Waals surface area contributed by atoms with Gasteiger partial charge in [0, 0.05) is 30.4 Å². The first-order valence-electron chi connectivity index (χ1n) is 7.12. The smallest absolute Gasteiger partial charge is 0.259 e. The molecule has 0 saturated carbocycles. The Labute approximate surface area is 136 Å². The second kappa shape index (κ2) is 5.73. The summed E-state index contributed by atoms with van der Waals surface area (Å²) in [7, 11) is 0. The molecule has 0 bridgehead atoms. The average Bonchev–Trinajstić information content (AvgIpc) is 3.24. The van der Waals surface area contributed by atoms with Crippen LogP contribution in [-0.4, -0.2) is 21.6 Å². The zero-order valence-corrected chi connectivity index (χ0v) is 12.9. The third-order valence-electron chi connectivity index (χ3n) is 3.64. The van der Waals surface area contributed by atoms with Gasteiger partial charge >= 0.3 is 0 Å². The lowest BCUT2D eigenvalue weighted by molar-refractivity contribution is 0.102. The van der Waals surface area contributed by atoms with Crippen molar-refractivity contribution in [2.45, 2.75) is 6.42 Å². The molecule has 1 amide bonds. The van der Waals surface area contributed by atoms with Gasteiger partial charge in [-0.1, -0.05) is 12.1 Å². The number of nitrogens with one attached hydrogen (secondary N) is 1. The van der Waals surface area contributed by atoms with E-state index in [-0.39, 0.29) is 5.91 Å². The van der Waals surface area contributed by atoms with Crippen molar-refractivity contribution in [3.8, 4) is 0 Å². The molecule has 1 aliphatic rings. The first kappa shape index (κ1) is 13.8. The van der Waals surface area contributed by atoms with Crippen LogP contribution in [0.3, 0.4) is 0 Å². The average molecular weight is 320 g/mol. The number of fused-ring (bicyclic) bond motifs is 1. The van der Waals surface area contributed by atoms with E-state index in [0.717, 1.165) is 28.9 Å². The van der Waals surface area contributed by atoms with Crippen LogP contribution < -0.4 is 5.32 Å². The number of thiazole rings is 1. The molecule has 0 spiro atoms. The molecule has 2 aromatic heterocycles. The normalized spacial score (nSPS) is 12.6. The van der Waals surface area contributed by atoms with E-state index in [4.69, 9.17) is 0 Å². The number of pyridine rings is 1. The van der Waals surface area contributed by atoms with Crippen molar-refractivity contribution in [2.24, 2.45) is 4.99 Å². The molecule has 3 aromatic rings. The Bertz CT molecular complexity index is 888. The zero-order valence-electron chi connectivity index (χ0n) is 12.1. The van der Waals surface area contributed by atoms with Crippen LogP contribution in [0.2, 0.25) is 0 Å². The van der Waals surface area contributed by atoms with Crippen LogP contribution in [0.25, 0.3) is 0 Å². The van der Waals surface area contributed by atoms with Crippen molar-refractivity contribution in [3.63, 3.8) is 0 Å². The summed E-state index contributed by atoms with van der Waals surface area (Å²) in [6.07, 6.45) is 5.88. The van der Waals surface area contributed by atoms with Crippen LogP contribution in [-0.2, 0) is 6.42 Å². The molecule has 0 atom stereocenters. The van der Waals surface area contributed by atoms with Crippen LogP contribution in [0, 0.1) is 0 Å². The molecule has 1 N–H and O–H groups in total. The molecule has 1 aliphatic heterocycles. The van der Waals surface area contributed by atoms with E-state index in [1.54, 1.807) is 24.7 Å². The monoisotopic (exact) mass is 320 g/mol. The Kier molecular flexibility index (Phi) is 3.44. The number of nitrogens with zero attached hydrogens (tertiary/aromatic N) is 3. The maximum Gasteiger partial charge on any atom is 0.259 e. The number of carbonyl (C=O) groups excluding carboxylic acids is 1. The van der Waals surface area contributed by atoms with Crippen LogP contribution in [0.15, 0.2) is 59.3 Å². The lowest BCUT2D eigenvalue weighted by Crippen LogP contribution is -2.11. The number of hydrogen-bond donors (Lipinski definition) is 1. The fourth-order valence-electron chi connectivity index (χ4n) is 2.56. The second-order valence-electron chi connectivity index (χ2n) is 5.08. The van der Waals surface area contributed by atoms with E-state index in [2.05, 4.69) is 20.3 Å². The largest absolute Gasteiger partial charge is 0.298 e. The van der Waals surface area contributed by atoms with Crippen molar-refractivity contribution in [1.29, 1.82) is 0 Å². The quantitative estimate of drug-likeness (QED) is 0.803. The van der Waals surface area contributed by atoms with Gasteiger partial charge in [-0.3, -0.25) is 20.1 Å². The van der Waals surface area contributed by atoms with Crippen LogP contribution in [0.1, 0.15) is 21.5 Å². The van der Waals surface area contributed by atoms with Gasteiger partial charge in [-0.15, -0.1) is 11.3 Å². The van der Waals surface area contributed by atoms with Crippen molar-refractivity contribution in [1.82, 2.24) is 9.97 Å². The molecule has 6 heteroatoms. The Balaban J connectivity index is 1.68. The lowest BCUT2D eigenvalue weighted by atomic mass is 10.0. The molecule has 0 fully saturated rings. The topological polar surface area (TPSA) is 67.2 Å². The van der Waals surface area contributed by atoms with E-state index >= 15 is 0 Å². The van der Waals surface area contributed by atoms with Gasteiger partial charge in [-0.2, -0.15) is 0 Å². The zero-order chi connectivity index (χ0) is 15.6. The SMILES string of the molecule is O=C(Nc1nccs1)c1cccc2c1N=C(c1ccncc1)C2. The minimum absolute atomic E-state index is 0.184. The first-order valence-corrected chi connectivity index (χ1v) is 8.00. The number of para-hydroxylation sites is 1. The van der Waals surface area contributed by atoms with Gasteiger partial charge in [0.05, 0.1) is 17.0 Å². The molecule has 0 unspecified atom stereocenters. The predicted molar refractivity (Wildman–Crippen MR) is 90.6 cm³/mol. The fraction of sp³-hybridized carbons (Fsp3) is 0.0588. The summed E-state index contributed by atoms with van der Waals surface area (Å²) in [6.45, 7) is 0. The molecule has 0 radical (unpaired) electrons. The lowest BCUT2D eigenvalue weighted by Gasteiger charge is -2.05. The first-order chi connectivity index (χ1) is 11.3. The molecule has 112 valence electrons. The third-order valence-corrected chi connectivity index (χ3v) is 4.32. The number of hydrogen-bond acceptors (Lipinski definition) is 5. The number of aromatic nitrogens is 2. The van der Waals surface area contributed by atoms with Crippen molar-refractivity contribution >= 4 is 33.8 Å². The molecular formula is C17H12N4OS. The highest BCUT2D eigenvalue weighted by molar-refractivity contribution is 7.13. The number of anilines is 1. The summed E-state index contributed by atoms with van der Waals surface area (Å²) in [5.74, 6) is -0.184. The number of benzene rings is 1. The van der Waals surface area contributed by atoms with Gasteiger partial charge in [-0.05, 0) is 29.3 Å². The summed E-state index contributed by atoms with van der Waals surface area (Å²) in [5.41, 5.74) is 4.36. The van der Waals surface area contributed by atoms with E-state index < -0.39 is 0 Å². The second-order valence-corrected chi connectivity index (χ2v) is 5.97. The van der Waals surface area contributed by atoms with E-state index in [1.165, 1.54) is 11.3 Å². The highest BCUT2D eigenvalue weighted by atomic mass is 32.1. The van der Waals surface area contributed by atoms with Crippen molar-refractivity contribution in [3.05, 3.63) is 71.0 Å². The van der Waals surface area contributed by atoms with Gasteiger partial charge in [0.25, 0.3) is 5.91 Å². The minimum Gasteiger partial charge on any atom is -0.298 e. The van der Waals surface area contributed by atoms with E-state index in [1.807, 2.05) is 29.6 Å². The van der Waals surface area contributed by atoms with Crippen LogP contribution >= 0.6 is 11.3 Å². The van der Waals surface area contributed by atoms with Gasteiger partial charge in [-0.25, -0.2) is 4.98 Å². The Hall–Kier alpha value is -2.86. The van der Waals surface area contributed by atoms with E-state index in [9.17, 15) is 4.79 Å². The molecule has 23 heavy (non-hydrogen) atoms. The van der Waals surface area contributed by atoms with Crippen LogP contribution in [0.5, 0.6) is 0 Å². The summed E-state index contributed by atoms with van der Waals surface area (Å²) in [6, 6.07) is 9.55. The van der Waals surface area contributed by atoms with Crippen LogP contribution in [0.4, 0.5) is 10.8 Å².